The van der Waals surface area contributed by atoms with Gasteiger partial charge >= 0.3 is 0 Å². The highest BCUT2D eigenvalue weighted by atomic mass is 32.2. The van der Waals surface area contributed by atoms with Crippen molar-refractivity contribution in [3.05, 3.63) is 59.7 Å². The first-order valence-corrected chi connectivity index (χ1v) is 11.5. The Kier molecular flexibility index (Phi) is 5.19. The van der Waals surface area contributed by atoms with E-state index in [9.17, 15) is 13.2 Å². The molecule has 1 aliphatic heterocycles. The van der Waals surface area contributed by atoms with E-state index in [1.807, 2.05) is 24.3 Å². The van der Waals surface area contributed by atoms with E-state index in [0.29, 0.717) is 28.3 Å². The largest absolute Gasteiger partial charge is 0.354 e. The Bertz CT molecular complexity index is 1150. The average Bonchev–Trinajstić information content (AvgIpc) is 3.21. The van der Waals surface area contributed by atoms with E-state index in [0.717, 1.165) is 31.4 Å². The number of para-hydroxylation sites is 2. The Morgan fingerprint density at radius 2 is 1.62 bits per heavy atom. The summed E-state index contributed by atoms with van der Waals surface area (Å²) < 4.78 is 22.9. The zero-order valence-electron chi connectivity index (χ0n) is 16.1. The standard InChI is InChI=1S/C21H22N4O3S/c1-29(27,28)14-15-8-10-16(11-9-15)21(26)24-19-20(25-12-4-5-13-25)23-18-7-3-2-6-17(18)22-19/h2-3,6-11H,4-5,12-14H2,1H3,(H,22,24,26). The van der Waals surface area contributed by atoms with Crippen LogP contribution < -0.4 is 10.2 Å². The maximum absolute atomic E-state index is 12.8. The third-order valence-corrected chi connectivity index (χ3v) is 5.69. The lowest BCUT2D eigenvalue weighted by Crippen LogP contribution is -2.23. The van der Waals surface area contributed by atoms with E-state index in [-0.39, 0.29) is 11.7 Å². The average molecular weight is 410 g/mol. The molecule has 0 aliphatic carbocycles. The van der Waals surface area contributed by atoms with Crippen LogP contribution in [0, 0.1) is 0 Å². The van der Waals surface area contributed by atoms with Crippen LogP contribution >= 0.6 is 0 Å². The van der Waals surface area contributed by atoms with Crippen LogP contribution in [-0.4, -0.2) is 43.6 Å². The van der Waals surface area contributed by atoms with E-state index in [1.165, 1.54) is 6.26 Å². The molecule has 3 aromatic rings. The number of rotatable bonds is 5. The van der Waals surface area contributed by atoms with Crippen LogP contribution in [0.3, 0.4) is 0 Å². The maximum Gasteiger partial charge on any atom is 0.256 e. The van der Waals surface area contributed by atoms with Crippen molar-refractivity contribution in [3.63, 3.8) is 0 Å². The zero-order chi connectivity index (χ0) is 20.4. The van der Waals surface area contributed by atoms with Gasteiger partial charge in [0.15, 0.2) is 21.5 Å². The van der Waals surface area contributed by atoms with Gasteiger partial charge in [0.2, 0.25) is 0 Å². The Labute approximate surface area is 169 Å². The van der Waals surface area contributed by atoms with Gasteiger partial charge in [0, 0.05) is 24.9 Å². The molecule has 1 aliphatic rings. The number of hydrogen-bond acceptors (Lipinski definition) is 6. The minimum absolute atomic E-state index is 0.0514. The van der Waals surface area contributed by atoms with E-state index < -0.39 is 9.84 Å². The van der Waals surface area contributed by atoms with E-state index in [2.05, 4.69) is 15.2 Å². The molecule has 2 aromatic carbocycles. The molecule has 1 fully saturated rings. The fourth-order valence-electron chi connectivity index (χ4n) is 3.46. The Morgan fingerprint density at radius 1 is 1.00 bits per heavy atom. The molecule has 0 bridgehead atoms. The summed E-state index contributed by atoms with van der Waals surface area (Å²) in [5, 5.41) is 2.89. The lowest BCUT2D eigenvalue weighted by Gasteiger charge is -2.20. The summed E-state index contributed by atoms with van der Waals surface area (Å²) in [7, 11) is -3.12. The SMILES string of the molecule is CS(=O)(=O)Cc1ccc(C(=O)Nc2nc3ccccc3nc2N2CCCC2)cc1. The van der Waals surface area contributed by atoms with Crippen LogP contribution in [0.25, 0.3) is 11.0 Å². The quantitative estimate of drug-likeness (QED) is 0.695. The lowest BCUT2D eigenvalue weighted by atomic mass is 10.1. The smallest absolute Gasteiger partial charge is 0.256 e. The number of anilines is 2. The van der Waals surface area contributed by atoms with Gasteiger partial charge in [-0.1, -0.05) is 24.3 Å². The number of benzene rings is 2. The van der Waals surface area contributed by atoms with Gasteiger partial charge in [-0.2, -0.15) is 0 Å². The van der Waals surface area contributed by atoms with Crippen LogP contribution in [0.5, 0.6) is 0 Å². The van der Waals surface area contributed by atoms with Crippen LogP contribution in [0.1, 0.15) is 28.8 Å². The highest BCUT2D eigenvalue weighted by Crippen LogP contribution is 2.28. The third kappa shape index (κ3) is 4.54. The minimum atomic E-state index is -3.12. The molecule has 8 heteroatoms. The van der Waals surface area contributed by atoms with Crippen LogP contribution in [0.2, 0.25) is 0 Å². The minimum Gasteiger partial charge on any atom is -0.354 e. The molecule has 150 valence electrons. The van der Waals surface area contributed by atoms with Crippen molar-refractivity contribution >= 4 is 38.4 Å². The van der Waals surface area contributed by atoms with E-state index in [1.54, 1.807) is 24.3 Å². The third-order valence-electron chi connectivity index (χ3n) is 4.83. The number of amides is 1. The molecule has 1 aromatic heterocycles. The van der Waals surface area contributed by atoms with Gasteiger partial charge in [-0.05, 0) is 42.7 Å². The second-order valence-corrected chi connectivity index (χ2v) is 9.44. The van der Waals surface area contributed by atoms with Crippen LogP contribution in [0.4, 0.5) is 11.6 Å². The van der Waals surface area contributed by atoms with Gasteiger partial charge < -0.3 is 10.2 Å². The number of fused-ring (bicyclic) bond motifs is 1. The molecule has 7 nitrogen and oxygen atoms in total. The van der Waals surface area contributed by atoms with Gasteiger partial charge in [0.25, 0.3) is 5.91 Å². The predicted octanol–water partition coefficient (Wildman–Crippen LogP) is 3.03. The summed E-state index contributed by atoms with van der Waals surface area (Å²) in [6.07, 6.45) is 3.36. The Hall–Kier alpha value is -3.00. The van der Waals surface area contributed by atoms with Crippen molar-refractivity contribution in [2.75, 3.05) is 29.6 Å². The first kappa shape index (κ1) is 19.3. The van der Waals surface area contributed by atoms with Crippen molar-refractivity contribution in [1.82, 2.24) is 9.97 Å². The maximum atomic E-state index is 12.8. The summed E-state index contributed by atoms with van der Waals surface area (Å²) in [4.78, 5) is 24.3. The molecule has 1 N–H and O–H groups in total. The summed E-state index contributed by atoms with van der Waals surface area (Å²) in [6, 6.07) is 14.1. The van der Waals surface area contributed by atoms with Crippen LogP contribution in [-0.2, 0) is 15.6 Å². The monoisotopic (exact) mass is 410 g/mol. The Balaban J connectivity index is 1.62. The second-order valence-electron chi connectivity index (χ2n) is 7.30. The molecular weight excluding hydrogens is 388 g/mol. The molecule has 0 unspecified atom stereocenters. The molecule has 29 heavy (non-hydrogen) atoms. The first-order chi connectivity index (χ1) is 13.9. The molecule has 0 atom stereocenters. The van der Waals surface area contributed by atoms with Crippen molar-refractivity contribution in [2.45, 2.75) is 18.6 Å². The molecule has 2 heterocycles. The lowest BCUT2D eigenvalue weighted by molar-refractivity contribution is 0.102. The summed E-state index contributed by atoms with van der Waals surface area (Å²) in [6.45, 7) is 1.77. The molecule has 0 saturated carbocycles. The molecule has 1 saturated heterocycles. The normalized spacial score (nSPS) is 14.3. The highest BCUT2D eigenvalue weighted by molar-refractivity contribution is 7.89. The molecular formula is C21H22N4O3S. The summed E-state index contributed by atoms with van der Waals surface area (Å²) in [5.41, 5.74) is 2.59. The number of carbonyl (C=O) groups is 1. The predicted molar refractivity (Wildman–Crippen MR) is 114 cm³/mol. The first-order valence-electron chi connectivity index (χ1n) is 9.49. The summed E-state index contributed by atoms with van der Waals surface area (Å²) >= 11 is 0. The van der Waals surface area contributed by atoms with Crippen molar-refractivity contribution in [1.29, 1.82) is 0 Å². The van der Waals surface area contributed by atoms with Gasteiger partial charge in [-0.15, -0.1) is 0 Å². The number of hydrogen-bond donors (Lipinski definition) is 1. The van der Waals surface area contributed by atoms with E-state index >= 15 is 0 Å². The molecule has 0 spiro atoms. The van der Waals surface area contributed by atoms with Gasteiger partial charge in [-0.25, -0.2) is 18.4 Å². The van der Waals surface area contributed by atoms with Gasteiger partial charge in [0.05, 0.1) is 16.8 Å². The van der Waals surface area contributed by atoms with E-state index in [4.69, 9.17) is 4.98 Å². The Morgan fingerprint density at radius 3 is 2.24 bits per heavy atom. The number of nitrogens with zero attached hydrogens (tertiary/aromatic N) is 3. The molecule has 1 amide bonds. The fourth-order valence-corrected chi connectivity index (χ4v) is 4.26. The zero-order valence-corrected chi connectivity index (χ0v) is 16.9. The topological polar surface area (TPSA) is 92.3 Å². The fraction of sp³-hybridized carbons (Fsp3) is 0.286. The van der Waals surface area contributed by atoms with Crippen molar-refractivity contribution in [2.24, 2.45) is 0 Å². The number of aromatic nitrogens is 2. The van der Waals surface area contributed by atoms with Crippen molar-refractivity contribution < 1.29 is 13.2 Å². The number of sulfone groups is 1. The highest BCUT2D eigenvalue weighted by Gasteiger charge is 2.21. The second kappa shape index (κ2) is 7.79. The molecule has 4 rings (SSSR count). The summed E-state index contributed by atoms with van der Waals surface area (Å²) in [5.74, 6) is 0.768. The van der Waals surface area contributed by atoms with Crippen LogP contribution in [0.15, 0.2) is 48.5 Å². The van der Waals surface area contributed by atoms with Gasteiger partial charge in [0.1, 0.15) is 0 Å². The van der Waals surface area contributed by atoms with Gasteiger partial charge in [-0.3, -0.25) is 4.79 Å². The van der Waals surface area contributed by atoms with Crippen molar-refractivity contribution in [3.8, 4) is 0 Å². The number of nitrogens with one attached hydrogen (secondary N) is 1. The number of carbonyl (C=O) groups excluding carboxylic acids is 1. The molecule has 0 radical (unpaired) electrons.